The van der Waals surface area contributed by atoms with Crippen LogP contribution in [0.3, 0.4) is 0 Å². The fourth-order valence-electron chi connectivity index (χ4n) is 4.69. The summed E-state index contributed by atoms with van der Waals surface area (Å²) < 4.78 is 49.9. The van der Waals surface area contributed by atoms with E-state index in [1.165, 1.54) is 28.1 Å². The van der Waals surface area contributed by atoms with Gasteiger partial charge in [-0.15, -0.1) is 0 Å². The third-order valence-corrected chi connectivity index (χ3v) is 10.2. The quantitative estimate of drug-likeness (QED) is 0.0739. The lowest BCUT2D eigenvalue weighted by Gasteiger charge is -2.16. The fourth-order valence-corrected chi connectivity index (χ4v) is 7.23. The van der Waals surface area contributed by atoms with Crippen LogP contribution in [0.2, 0.25) is 0 Å². The molecule has 2 fully saturated rings. The van der Waals surface area contributed by atoms with Gasteiger partial charge >= 0.3 is 23.5 Å². The smallest absolute Gasteiger partial charge is 0.394 e. The molecule has 290 valence electrons. The summed E-state index contributed by atoms with van der Waals surface area (Å²) in [6, 6.07) is 0. The standard InChI is InChI=1S/C10H13N5O5.C10H13N5O4.H5O10P3/c11-10-13-7-4(8(19)14-10)12-2-15(7)9-6(18)5(17)3(1-16)20-9;11-8-5-9(13-2-12-8)15(3-14-5)10-7(18)6(17)4(1-16)19-10;1-11(2,3)9-13(7,8)10-12(4,5)6/h2-3,5-6,9,16-18H,1H2,(H3,11,13,14,19);2-4,6-7,10,16-18H,1H2,(H2,11,12,13);(H,7,8)(H2,1,2,3)(H2,4,5,6)/t3-,5-,6-,9-;4-,6-,7-,10-;/m11./s1. The molecule has 0 amide bonds. The van der Waals surface area contributed by atoms with Crippen LogP contribution < -0.4 is 17.0 Å². The van der Waals surface area contributed by atoms with Crippen LogP contribution in [-0.4, -0.2) is 144 Å². The zero-order valence-corrected chi connectivity index (χ0v) is 28.3. The van der Waals surface area contributed by atoms with E-state index in [1.807, 2.05) is 0 Å². The first kappa shape index (κ1) is 41.3. The molecule has 29 nitrogen and oxygen atoms in total. The van der Waals surface area contributed by atoms with E-state index in [9.17, 15) is 38.9 Å². The molecule has 6 heterocycles. The van der Waals surface area contributed by atoms with Crippen LogP contribution in [0.25, 0.3) is 22.3 Å². The number of aliphatic hydroxyl groups excluding tert-OH is 6. The number of H-pyrrole nitrogens is 1. The Morgan fingerprint density at radius 1 is 0.731 bits per heavy atom. The average molecular weight is 808 g/mol. The number of nitrogens with zero attached hydrogens (tertiary/aromatic N) is 7. The first-order valence-corrected chi connectivity index (χ1v) is 18.4. The summed E-state index contributed by atoms with van der Waals surface area (Å²) in [4.78, 5) is 73.9. The molecule has 4 aromatic heterocycles. The largest absolute Gasteiger partial charge is 0.490 e. The van der Waals surface area contributed by atoms with E-state index >= 15 is 0 Å². The van der Waals surface area contributed by atoms with Crippen molar-refractivity contribution in [2.24, 2.45) is 0 Å². The zero-order chi connectivity index (χ0) is 38.9. The second-order valence-electron chi connectivity index (χ2n) is 10.4. The molecule has 4 aromatic rings. The van der Waals surface area contributed by atoms with Gasteiger partial charge in [-0.05, 0) is 0 Å². The summed E-state index contributed by atoms with van der Waals surface area (Å²) in [6.07, 6.45) is -4.64. The highest BCUT2D eigenvalue weighted by atomic mass is 31.3. The number of ether oxygens (including phenoxy) is 2. The van der Waals surface area contributed by atoms with Crippen LogP contribution in [0.4, 0.5) is 11.8 Å². The lowest BCUT2D eigenvalue weighted by atomic mass is 10.1. The summed E-state index contributed by atoms with van der Waals surface area (Å²) in [7, 11) is -16.2. The molecular weight excluding hydrogens is 777 g/mol. The van der Waals surface area contributed by atoms with E-state index in [0.29, 0.717) is 11.2 Å². The van der Waals surface area contributed by atoms with E-state index in [-0.39, 0.29) is 22.9 Å². The number of anilines is 2. The van der Waals surface area contributed by atoms with Gasteiger partial charge < -0.3 is 76.0 Å². The number of hydrogen-bond acceptors (Lipinski definition) is 21. The number of aromatic amines is 1. The maximum absolute atomic E-state index is 11.7. The van der Waals surface area contributed by atoms with Crippen LogP contribution in [0, 0.1) is 0 Å². The third-order valence-electron chi connectivity index (χ3n) is 6.84. The van der Waals surface area contributed by atoms with Gasteiger partial charge in [-0.1, -0.05) is 0 Å². The van der Waals surface area contributed by atoms with Crippen molar-refractivity contribution in [2.45, 2.75) is 49.1 Å². The predicted octanol–water partition coefficient (Wildman–Crippen LogP) is -5.36. The molecule has 32 heteroatoms. The van der Waals surface area contributed by atoms with E-state index in [1.54, 1.807) is 0 Å². The minimum atomic E-state index is -5.46. The van der Waals surface area contributed by atoms with Crippen molar-refractivity contribution in [3.8, 4) is 0 Å². The lowest BCUT2D eigenvalue weighted by Crippen LogP contribution is -2.33. The number of aromatic nitrogens is 8. The summed E-state index contributed by atoms with van der Waals surface area (Å²) in [6.45, 7) is -0.837. The van der Waals surface area contributed by atoms with E-state index in [0.717, 1.165) is 0 Å². The van der Waals surface area contributed by atoms with Gasteiger partial charge in [-0.3, -0.25) is 18.9 Å². The van der Waals surface area contributed by atoms with Gasteiger partial charge in [0, 0.05) is 0 Å². The maximum atomic E-state index is 11.7. The van der Waals surface area contributed by atoms with Gasteiger partial charge in [0.05, 0.1) is 25.9 Å². The van der Waals surface area contributed by atoms with Gasteiger partial charge in [0.15, 0.2) is 35.1 Å². The molecule has 0 saturated carbocycles. The second kappa shape index (κ2) is 15.9. The normalized spacial score (nSPS) is 26.6. The molecule has 0 bridgehead atoms. The number of nitrogen functional groups attached to an aromatic ring is 2. The van der Waals surface area contributed by atoms with Gasteiger partial charge in [-0.25, -0.2) is 33.6 Å². The first-order chi connectivity index (χ1) is 24.1. The summed E-state index contributed by atoms with van der Waals surface area (Å²) in [5.74, 6) is 0.117. The van der Waals surface area contributed by atoms with E-state index in [4.69, 9.17) is 55.6 Å². The van der Waals surface area contributed by atoms with Crippen LogP contribution in [0.15, 0.2) is 23.8 Å². The van der Waals surface area contributed by atoms with Gasteiger partial charge in [0.25, 0.3) is 5.56 Å². The number of nitrogens with two attached hydrogens (primary N) is 2. The number of fused-ring (bicyclic) bond motifs is 2. The fraction of sp³-hybridized carbons (Fsp3) is 0.500. The molecule has 2 aliphatic rings. The Bertz CT molecular complexity index is 2040. The van der Waals surface area contributed by atoms with Crippen molar-refractivity contribution >= 4 is 57.6 Å². The average Bonchev–Trinajstić information content (AvgIpc) is 3.77. The summed E-state index contributed by atoms with van der Waals surface area (Å²) >= 11 is 0. The minimum Gasteiger partial charge on any atom is -0.394 e. The van der Waals surface area contributed by atoms with Gasteiger partial charge in [0.2, 0.25) is 5.95 Å². The van der Waals surface area contributed by atoms with Crippen LogP contribution in [0.1, 0.15) is 12.5 Å². The highest BCUT2D eigenvalue weighted by Crippen LogP contribution is 2.64. The van der Waals surface area contributed by atoms with E-state index in [2.05, 4.69) is 38.5 Å². The Balaban J connectivity index is 0.000000179. The number of nitrogens with one attached hydrogen (secondary N) is 1. The molecule has 52 heavy (non-hydrogen) atoms. The van der Waals surface area contributed by atoms with Crippen LogP contribution >= 0.6 is 23.5 Å². The zero-order valence-electron chi connectivity index (χ0n) is 25.6. The van der Waals surface area contributed by atoms with Crippen molar-refractivity contribution in [1.29, 1.82) is 0 Å². The molecule has 0 spiro atoms. The molecule has 2 aliphatic heterocycles. The topological polar surface area (TPSA) is 470 Å². The van der Waals surface area contributed by atoms with Gasteiger partial charge in [-0.2, -0.15) is 13.6 Å². The number of hydrogen-bond donors (Lipinski definition) is 14. The molecule has 0 aliphatic carbocycles. The lowest BCUT2D eigenvalue weighted by molar-refractivity contribution is -0.0511. The molecule has 0 unspecified atom stereocenters. The highest BCUT2D eigenvalue weighted by molar-refractivity contribution is 7.66. The number of aliphatic hydroxyl groups is 6. The Labute approximate surface area is 286 Å². The number of phosphoric acid groups is 3. The van der Waals surface area contributed by atoms with Crippen LogP contribution in [-0.2, 0) is 31.8 Å². The van der Waals surface area contributed by atoms with Crippen molar-refractivity contribution in [3.63, 3.8) is 0 Å². The molecule has 8 atom stereocenters. The SMILES string of the molecule is Nc1nc2c(ncn2[C@@H]2O[C@H](CO)[C@@H](O)[C@H]2O)c(=O)[nH]1.Nc1ncnc2c1ncn2[C@@H]1O[C@H](CO)[C@@H](O)[C@H]1O.O=P(O)(O)OP(=O)(O)OP(=O)(O)O. The highest BCUT2D eigenvalue weighted by Gasteiger charge is 2.45. The van der Waals surface area contributed by atoms with Gasteiger partial charge in [0.1, 0.15) is 48.5 Å². The Morgan fingerprint density at radius 3 is 1.63 bits per heavy atom. The molecule has 6 rings (SSSR count). The number of rotatable bonds is 8. The summed E-state index contributed by atoms with van der Waals surface area (Å²) in [5, 5.41) is 57.5. The molecular formula is C20H31N10O19P3. The Morgan fingerprint density at radius 2 is 1.19 bits per heavy atom. The molecule has 0 aromatic carbocycles. The Hall–Kier alpha value is -3.41. The number of imidazole rings is 2. The maximum Gasteiger partial charge on any atom is 0.490 e. The van der Waals surface area contributed by atoms with Crippen molar-refractivity contribution in [3.05, 3.63) is 29.3 Å². The first-order valence-electron chi connectivity index (χ1n) is 13.8. The minimum absolute atomic E-state index is 0.0388. The van der Waals surface area contributed by atoms with Crippen molar-refractivity contribution in [2.75, 3.05) is 24.7 Å². The van der Waals surface area contributed by atoms with Crippen molar-refractivity contribution in [1.82, 2.24) is 39.0 Å². The summed E-state index contributed by atoms with van der Waals surface area (Å²) in [5.41, 5.74) is 11.6. The third kappa shape index (κ3) is 9.57. The Kier molecular flexibility index (Phi) is 12.6. The predicted molar refractivity (Wildman–Crippen MR) is 164 cm³/mol. The van der Waals surface area contributed by atoms with E-state index < -0.39 is 91.3 Å². The monoisotopic (exact) mass is 808 g/mol. The molecule has 0 radical (unpaired) electrons. The van der Waals surface area contributed by atoms with Crippen molar-refractivity contribution < 1.29 is 86.9 Å². The second-order valence-corrected chi connectivity index (χ2v) is 14.6. The molecule has 16 N–H and O–H groups in total. The van der Waals surface area contributed by atoms with Crippen LogP contribution in [0.5, 0.6) is 0 Å². The molecule has 2 saturated heterocycles.